The third-order valence-electron chi connectivity index (χ3n) is 3.09. The molecule has 2 aromatic rings. The van der Waals surface area contributed by atoms with Gasteiger partial charge < -0.3 is 15.0 Å². The Kier molecular flexibility index (Phi) is 5.30. The van der Waals surface area contributed by atoms with Crippen molar-refractivity contribution in [3.05, 3.63) is 48.0 Å². The Morgan fingerprint density at radius 2 is 2.18 bits per heavy atom. The number of anilines is 1. The van der Waals surface area contributed by atoms with Gasteiger partial charge >= 0.3 is 6.03 Å². The first kappa shape index (κ1) is 15.8. The minimum atomic E-state index is -0.200. The molecule has 1 N–H and O–H groups in total. The molecule has 1 heterocycles. The molecule has 0 bridgehead atoms. The summed E-state index contributed by atoms with van der Waals surface area (Å²) in [6, 6.07) is 5.37. The van der Waals surface area contributed by atoms with Crippen LogP contribution >= 0.6 is 0 Å². The van der Waals surface area contributed by atoms with Crippen molar-refractivity contribution in [3.63, 3.8) is 0 Å². The zero-order chi connectivity index (χ0) is 15.9. The molecule has 1 aromatic heterocycles. The van der Waals surface area contributed by atoms with Crippen LogP contribution in [0.5, 0.6) is 5.75 Å². The number of carbonyl (C=O) groups excluding carboxylic acids is 1. The molecule has 0 fully saturated rings. The molecular weight excluding hydrogens is 280 g/mol. The summed E-state index contributed by atoms with van der Waals surface area (Å²) in [5.74, 6) is 0.827. The largest absolute Gasteiger partial charge is 0.494 e. The molecule has 2 amide bonds. The predicted octanol–water partition coefficient (Wildman–Crippen LogP) is 2.85. The van der Waals surface area contributed by atoms with Gasteiger partial charge in [0.05, 0.1) is 25.0 Å². The van der Waals surface area contributed by atoms with Gasteiger partial charge in [0, 0.05) is 25.1 Å². The fourth-order valence-corrected chi connectivity index (χ4v) is 1.99. The zero-order valence-electron chi connectivity index (χ0n) is 13.0. The van der Waals surface area contributed by atoms with Gasteiger partial charge in [-0.05, 0) is 37.6 Å². The van der Waals surface area contributed by atoms with E-state index in [2.05, 4.69) is 15.3 Å². The highest BCUT2D eigenvalue weighted by molar-refractivity contribution is 5.89. The van der Waals surface area contributed by atoms with E-state index in [1.807, 2.05) is 32.0 Å². The first-order valence-electron chi connectivity index (χ1n) is 7.10. The second-order valence-corrected chi connectivity index (χ2v) is 4.90. The quantitative estimate of drug-likeness (QED) is 0.922. The molecule has 116 valence electrons. The zero-order valence-corrected chi connectivity index (χ0v) is 13.0. The number of nitrogens with zero attached hydrogens (tertiary/aromatic N) is 3. The number of rotatable bonds is 5. The first-order chi connectivity index (χ1) is 10.6. The van der Waals surface area contributed by atoms with Crippen molar-refractivity contribution in [3.8, 4) is 5.75 Å². The van der Waals surface area contributed by atoms with E-state index in [1.165, 1.54) is 0 Å². The SMILES string of the molecule is CCOc1ccc(NC(=O)N(C)Cc2cnccn2)cc1C. The minimum absolute atomic E-state index is 0.200. The van der Waals surface area contributed by atoms with Gasteiger partial charge in [-0.1, -0.05) is 0 Å². The van der Waals surface area contributed by atoms with E-state index in [9.17, 15) is 4.79 Å². The Hall–Kier alpha value is -2.63. The lowest BCUT2D eigenvalue weighted by Crippen LogP contribution is -2.31. The number of amides is 2. The maximum atomic E-state index is 12.2. The van der Waals surface area contributed by atoms with Gasteiger partial charge in [-0.3, -0.25) is 9.97 Å². The van der Waals surface area contributed by atoms with Gasteiger partial charge in [0.1, 0.15) is 5.75 Å². The standard InChI is InChI=1S/C16H20N4O2/c1-4-22-15-6-5-13(9-12(15)2)19-16(21)20(3)11-14-10-17-7-8-18-14/h5-10H,4,11H2,1-3H3,(H,19,21). The van der Waals surface area contributed by atoms with Gasteiger partial charge in [-0.15, -0.1) is 0 Å². The molecule has 0 aliphatic rings. The molecule has 0 aliphatic carbocycles. The van der Waals surface area contributed by atoms with Crippen molar-refractivity contribution in [1.29, 1.82) is 0 Å². The summed E-state index contributed by atoms with van der Waals surface area (Å²) >= 11 is 0. The van der Waals surface area contributed by atoms with E-state index in [0.717, 1.165) is 22.7 Å². The van der Waals surface area contributed by atoms with Crippen LogP contribution in [0.25, 0.3) is 0 Å². The number of aryl methyl sites for hydroxylation is 1. The van der Waals surface area contributed by atoms with Crippen molar-refractivity contribution >= 4 is 11.7 Å². The topological polar surface area (TPSA) is 67.3 Å². The summed E-state index contributed by atoms with van der Waals surface area (Å²) in [5.41, 5.74) is 2.45. The Morgan fingerprint density at radius 1 is 1.36 bits per heavy atom. The van der Waals surface area contributed by atoms with Gasteiger partial charge in [0.2, 0.25) is 0 Å². The molecule has 2 rings (SSSR count). The van der Waals surface area contributed by atoms with Gasteiger partial charge in [0.15, 0.2) is 0 Å². The summed E-state index contributed by atoms with van der Waals surface area (Å²) in [6.45, 7) is 4.91. The van der Waals surface area contributed by atoms with Crippen LogP contribution in [0.1, 0.15) is 18.2 Å². The first-order valence-corrected chi connectivity index (χ1v) is 7.10. The van der Waals surface area contributed by atoms with E-state index < -0.39 is 0 Å². The molecule has 6 nitrogen and oxygen atoms in total. The Morgan fingerprint density at radius 3 is 2.82 bits per heavy atom. The summed E-state index contributed by atoms with van der Waals surface area (Å²) in [7, 11) is 1.71. The molecule has 0 spiro atoms. The molecule has 0 saturated carbocycles. The van der Waals surface area contributed by atoms with Crippen molar-refractivity contribution in [2.75, 3.05) is 19.0 Å². The van der Waals surface area contributed by atoms with Crippen LogP contribution in [0.2, 0.25) is 0 Å². The summed E-state index contributed by atoms with van der Waals surface area (Å²) < 4.78 is 5.48. The highest BCUT2D eigenvalue weighted by Gasteiger charge is 2.11. The lowest BCUT2D eigenvalue weighted by atomic mass is 10.2. The highest BCUT2D eigenvalue weighted by atomic mass is 16.5. The Balaban J connectivity index is 1.97. The lowest BCUT2D eigenvalue weighted by molar-refractivity contribution is 0.220. The number of ether oxygens (including phenoxy) is 1. The average molecular weight is 300 g/mol. The molecule has 0 unspecified atom stereocenters. The van der Waals surface area contributed by atoms with Crippen molar-refractivity contribution < 1.29 is 9.53 Å². The van der Waals surface area contributed by atoms with E-state index >= 15 is 0 Å². The van der Waals surface area contributed by atoms with Crippen molar-refractivity contribution in [2.45, 2.75) is 20.4 Å². The van der Waals surface area contributed by atoms with E-state index in [-0.39, 0.29) is 6.03 Å². The monoisotopic (exact) mass is 300 g/mol. The van der Waals surface area contributed by atoms with Gasteiger partial charge in [-0.25, -0.2) is 4.79 Å². The molecular formula is C16H20N4O2. The Bertz CT molecular complexity index is 631. The predicted molar refractivity (Wildman–Crippen MR) is 84.9 cm³/mol. The molecule has 0 saturated heterocycles. The molecule has 1 aromatic carbocycles. The van der Waals surface area contributed by atoms with E-state index in [1.54, 1.807) is 30.5 Å². The van der Waals surface area contributed by atoms with Gasteiger partial charge in [0.25, 0.3) is 0 Å². The second-order valence-electron chi connectivity index (χ2n) is 4.90. The minimum Gasteiger partial charge on any atom is -0.494 e. The summed E-state index contributed by atoms with van der Waals surface area (Å²) in [5, 5.41) is 2.86. The number of carbonyl (C=O) groups is 1. The van der Waals surface area contributed by atoms with Crippen molar-refractivity contribution in [2.24, 2.45) is 0 Å². The molecule has 0 aliphatic heterocycles. The number of hydrogen-bond donors (Lipinski definition) is 1. The molecule has 22 heavy (non-hydrogen) atoms. The number of hydrogen-bond acceptors (Lipinski definition) is 4. The van der Waals surface area contributed by atoms with Crippen LogP contribution in [0.3, 0.4) is 0 Å². The molecule has 0 atom stereocenters. The summed E-state index contributed by atoms with van der Waals surface area (Å²) in [4.78, 5) is 21.9. The smallest absolute Gasteiger partial charge is 0.321 e. The third kappa shape index (κ3) is 4.18. The number of urea groups is 1. The number of nitrogens with one attached hydrogen (secondary N) is 1. The molecule has 6 heteroatoms. The Labute approximate surface area is 130 Å². The maximum Gasteiger partial charge on any atom is 0.321 e. The van der Waals surface area contributed by atoms with Crippen LogP contribution in [0.4, 0.5) is 10.5 Å². The van der Waals surface area contributed by atoms with Crippen LogP contribution in [-0.2, 0) is 6.54 Å². The third-order valence-corrected chi connectivity index (χ3v) is 3.09. The van der Waals surface area contributed by atoms with Crippen LogP contribution in [0, 0.1) is 6.92 Å². The van der Waals surface area contributed by atoms with Crippen LogP contribution in [-0.4, -0.2) is 34.6 Å². The maximum absolute atomic E-state index is 12.2. The van der Waals surface area contributed by atoms with Crippen LogP contribution in [0.15, 0.2) is 36.8 Å². The summed E-state index contributed by atoms with van der Waals surface area (Å²) in [6.07, 6.45) is 4.86. The number of benzene rings is 1. The highest BCUT2D eigenvalue weighted by Crippen LogP contribution is 2.22. The fourth-order valence-electron chi connectivity index (χ4n) is 1.99. The van der Waals surface area contributed by atoms with Gasteiger partial charge in [-0.2, -0.15) is 0 Å². The van der Waals surface area contributed by atoms with E-state index in [4.69, 9.17) is 4.74 Å². The van der Waals surface area contributed by atoms with E-state index in [0.29, 0.717) is 13.2 Å². The number of aromatic nitrogens is 2. The molecule has 0 radical (unpaired) electrons. The average Bonchev–Trinajstić information content (AvgIpc) is 2.51. The second kappa shape index (κ2) is 7.40. The fraction of sp³-hybridized carbons (Fsp3) is 0.312. The van der Waals surface area contributed by atoms with Crippen molar-refractivity contribution in [1.82, 2.24) is 14.9 Å². The normalized spacial score (nSPS) is 10.1. The van der Waals surface area contributed by atoms with Crippen LogP contribution < -0.4 is 10.1 Å². The lowest BCUT2D eigenvalue weighted by Gasteiger charge is -2.18.